The van der Waals surface area contributed by atoms with Gasteiger partial charge < -0.3 is 14.9 Å². The van der Waals surface area contributed by atoms with Crippen LogP contribution in [0.15, 0.2) is 12.1 Å². The zero-order valence-corrected chi connectivity index (χ0v) is 12.7. The zero-order chi connectivity index (χ0) is 16.3. The van der Waals surface area contributed by atoms with Gasteiger partial charge in [-0.05, 0) is 13.0 Å². The van der Waals surface area contributed by atoms with Gasteiger partial charge in [0.15, 0.2) is 11.9 Å². The number of benzene rings is 1. The Labute approximate surface area is 134 Å². The second-order valence-corrected chi connectivity index (χ2v) is 5.19. The molecule has 0 spiro atoms. The van der Waals surface area contributed by atoms with Gasteiger partial charge in [-0.25, -0.2) is 0 Å². The SMILES string of the molecule is CC(Oc1cc(Cl)c(Cl)cc1Cl)C(=O)C(C(=O)O)C(=O)O. The standard InChI is InChI=1S/C12H9Cl3O6/c1-4(10(16)9(11(17)18)12(19)20)21-8-3-6(14)5(13)2-7(8)15/h2-4,9H,1H3,(H,17,18)(H,19,20). The van der Waals surface area contributed by atoms with Crippen LogP contribution in [0.3, 0.4) is 0 Å². The van der Waals surface area contributed by atoms with Crippen LogP contribution in [0.2, 0.25) is 15.1 Å². The maximum atomic E-state index is 11.8. The fourth-order valence-electron chi connectivity index (χ4n) is 1.43. The molecule has 0 aliphatic heterocycles. The Morgan fingerprint density at radius 1 is 1.00 bits per heavy atom. The highest BCUT2D eigenvalue weighted by Gasteiger charge is 2.37. The molecule has 0 aliphatic rings. The van der Waals surface area contributed by atoms with Crippen LogP contribution in [0.5, 0.6) is 5.75 Å². The number of carboxylic acids is 2. The minimum atomic E-state index is -2.22. The monoisotopic (exact) mass is 354 g/mol. The first-order valence-electron chi connectivity index (χ1n) is 5.45. The topological polar surface area (TPSA) is 101 Å². The summed E-state index contributed by atoms with van der Waals surface area (Å²) in [4.78, 5) is 33.4. The molecule has 21 heavy (non-hydrogen) atoms. The normalized spacial score (nSPS) is 12.0. The molecule has 9 heteroatoms. The summed E-state index contributed by atoms with van der Waals surface area (Å²) in [6, 6.07) is 2.52. The van der Waals surface area contributed by atoms with E-state index in [1.165, 1.54) is 19.1 Å². The molecule has 0 saturated carbocycles. The maximum Gasteiger partial charge on any atom is 0.325 e. The van der Waals surface area contributed by atoms with Crippen molar-refractivity contribution in [1.82, 2.24) is 0 Å². The lowest BCUT2D eigenvalue weighted by molar-refractivity contribution is -0.159. The smallest absolute Gasteiger partial charge is 0.325 e. The van der Waals surface area contributed by atoms with E-state index in [9.17, 15) is 14.4 Å². The van der Waals surface area contributed by atoms with Crippen LogP contribution in [0.25, 0.3) is 0 Å². The quantitative estimate of drug-likeness (QED) is 0.601. The van der Waals surface area contributed by atoms with Crippen molar-refractivity contribution >= 4 is 52.5 Å². The molecule has 1 rings (SSSR count). The Bertz CT molecular complexity index is 587. The van der Waals surface area contributed by atoms with Crippen LogP contribution in [-0.4, -0.2) is 34.0 Å². The Balaban J connectivity index is 2.98. The van der Waals surface area contributed by atoms with Crippen LogP contribution in [-0.2, 0) is 14.4 Å². The van der Waals surface area contributed by atoms with Crippen molar-refractivity contribution in [2.75, 3.05) is 0 Å². The molecule has 1 unspecified atom stereocenters. The van der Waals surface area contributed by atoms with E-state index in [2.05, 4.69) is 0 Å². The first kappa shape index (κ1) is 17.6. The Morgan fingerprint density at radius 2 is 1.48 bits per heavy atom. The fraction of sp³-hybridized carbons (Fsp3) is 0.250. The number of ketones is 1. The Kier molecular flexibility index (Phi) is 5.83. The van der Waals surface area contributed by atoms with Crippen molar-refractivity contribution in [3.63, 3.8) is 0 Å². The third-order valence-electron chi connectivity index (χ3n) is 2.46. The first-order valence-corrected chi connectivity index (χ1v) is 6.59. The molecule has 6 nitrogen and oxygen atoms in total. The van der Waals surface area contributed by atoms with E-state index in [0.29, 0.717) is 0 Å². The van der Waals surface area contributed by atoms with Gasteiger partial charge in [0.05, 0.1) is 15.1 Å². The molecule has 0 heterocycles. The highest BCUT2D eigenvalue weighted by atomic mass is 35.5. The number of hydrogen-bond acceptors (Lipinski definition) is 4. The van der Waals surface area contributed by atoms with Crippen molar-refractivity contribution in [1.29, 1.82) is 0 Å². The molecule has 0 bridgehead atoms. The van der Waals surface area contributed by atoms with E-state index in [4.69, 9.17) is 49.8 Å². The molecule has 0 aromatic heterocycles. The maximum absolute atomic E-state index is 11.8. The lowest BCUT2D eigenvalue weighted by atomic mass is 10.0. The van der Waals surface area contributed by atoms with Crippen LogP contribution in [0, 0.1) is 5.92 Å². The van der Waals surface area contributed by atoms with Gasteiger partial charge in [0.25, 0.3) is 0 Å². The molecule has 1 atom stereocenters. The molecule has 1 aromatic carbocycles. The summed E-state index contributed by atoms with van der Waals surface area (Å²) in [6.45, 7) is 1.21. The summed E-state index contributed by atoms with van der Waals surface area (Å²) >= 11 is 17.3. The van der Waals surface area contributed by atoms with Gasteiger partial charge in [-0.3, -0.25) is 14.4 Å². The van der Waals surface area contributed by atoms with E-state index in [-0.39, 0.29) is 20.8 Å². The number of carbonyl (C=O) groups excluding carboxylic acids is 1. The summed E-state index contributed by atoms with van der Waals surface area (Å²) in [6.07, 6.45) is -1.35. The number of hydrogen-bond donors (Lipinski definition) is 2. The minimum absolute atomic E-state index is 0.0126. The van der Waals surface area contributed by atoms with Gasteiger partial charge in [-0.15, -0.1) is 0 Å². The minimum Gasteiger partial charge on any atom is -0.481 e. The van der Waals surface area contributed by atoms with Crippen LogP contribution >= 0.6 is 34.8 Å². The summed E-state index contributed by atoms with van der Waals surface area (Å²) in [5.74, 6) is -6.91. The number of ether oxygens (including phenoxy) is 1. The molecule has 0 amide bonds. The van der Waals surface area contributed by atoms with Crippen LogP contribution in [0.4, 0.5) is 0 Å². The van der Waals surface area contributed by atoms with Gasteiger partial charge in [0.2, 0.25) is 5.92 Å². The fourth-order valence-corrected chi connectivity index (χ4v) is 2.01. The predicted molar refractivity (Wildman–Crippen MR) is 75.3 cm³/mol. The number of carbonyl (C=O) groups is 3. The predicted octanol–water partition coefficient (Wildman–Crippen LogP) is 2.77. The second-order valence-electron chi connectivity index (χ2n) is 3.97. The van der Waals surface area contributed by atoms with Gasteiger partial charge in [-0.1, -0.05) is 34.8 Å². The average Bonchev–Trinajstić information content (AvgIpc) is 2.34. The lowest BCUT2D eigenvalue weighted by Gasteiger charge is -2.17. The third kappa shape index (κ3) is 4.23. The molecular weight excluding hydrogens is 346 g/mol. The van der Waals surface area contributed by atoms with Gasteiger partial charge in [0.1, 0.15) is 5.75 Å². The Hall–Kier alpha value is -1.50. The molecule has 1 aromatic rings. The van der Waals surface area contributed by atoms with Gasteiger partial charge in [0, 0.05) is 6.07 Å². The molecule has 114 valence electrons. The molecule has 0 fully saturated rings. The van der Waals surface area contributed by atoms with Gasteiger partial charge in [-0.2, -0.15) is 0 Å². The van der Waals surface area contributed by atoms with Gasteiger partial charge >= 0.3 is 11.9 Å². The number of rotatable bonds is 6. The highest BCUT2D eigenvalue weighted by molar-refractivity contribution is 6.43. The summed E-state index contributed by atoms with van der Waals surface area (Å²) in [7, 11) is 0. The molecule has 0 aliphatic carbocycles. The largest absolute Gasteiger partial charge is 0.481 e. The highest BCUT2D eigenvalue weighted by Crippen LogP contribution is 2.34. The van der Waals surface area contributed by atoms with Crippen LogP contribution in [0.1, 0.15) is 6.92 Å². The average molecular weight is 356 g/mol. The van der Waals surface area contributed by atoms with E-state index in [1.54, 1.807) is 0 Å². The molecule has 2 N–H and O–H groups in total. The van der Waals surface area contributed by atoms with Crippen molar-refractivity contribution < 1.29 is 29.3 Å². The van der Waals surface area contributed by atoms with Crippen molar-refractivity contribution in [3.8, 4) is 5.75 Å². The number of halogens is 3. The number of carboxylic acid groups (broad SMARTS) is 2. The summed E-state index contributed by atoms with van der Waals surface area (Å²) in [5, 5.41) is 17.8. The second kappa shape index (κ2) is 6.98. The number of Topliss-reactive ketones (excluding diaryl/α,β-unsaturated/α-hetero) is 1. The molecule has 0 radical (unpaired) electrons. The lowest BCUT2D eigenvalue weighted by Crippen LogP contribution is -2.39. The van der Waals surface area contributed by atoms with E-state index >= 15 is 0 Å². The molecular formula is C12H9Cl3O6. The summed E-state index contributed by atoms with van der Waals surface area (Å²) in [5.41, 5.74) is 0. The first-order chi connectivity index (χ1) is 9.65. The number of aliphatic carboxylic acids is 2. The zero-order valence-electron chi connectivity index (χ0n) is 10.5. The Morgan fingerprint density at radius 3 is 1.95 bits per heavy atom. The van der Waals surface area contributed by atoms with Crippen LogP contribution < -0.4 is 4.74 Å². The summed E-state index contributed by atoms with van der Waals surface area (Å²) < 4.78 is 5.17. The van der Waals surface area contributed by atoms with E-state index in [0.717, 1.165) is 0 Å². The van der Waals surface area contributed by atoms with Crippen molar-refractivity contribution in [2.45, 2.75) is 13.0 Å². The van der Waals surface area contributed by atoms with Crippen molar-refractivity contribution in [2.24, 2.45) is 5.92 Å². The van der Waals surface area contributed by atoms with Crippen molar-refractivity contribution in [3.05, 3.63) is 27.2 Å². The van der Waals surface area contributed by atoms with E-state index in [1.807, 2.05) is 0 Å². The molecule has 0 saturated heterocycles. The van der Waals surface area contributed by atoms with E-state index < -0.39 is 29.7 Å². The third-order valence-corrected chi connectivity index (χ3v) is 3.48.